The van der Waals surface area contributed by atoms with E-state index in [1.54, 1.807) is 7.11 Å². The van der Waals surface area contributed by atoms with Crippen molar-refractivity contribution in [1.29, 1.82) is 0 Å². The van der Waals surface area contributed by atoms with E-state index in [4.69, 9.17) is 4.74 Å². The standard InChI is InChI=1S/C12H22N2O2/c1-12(2)8-14(6-10(12)7-16-3)11(15)9-4-13-5-9/h9-10,13H,4-8H2,1-3H3/t10-/m0/s1. The number of likely N-dealkylation sites (tertiary alicyclic amines) is 1. The lowest BCUT2D eigenvalue weighted by atomic mass is 9.83. The van der Waals surface area contributed by atoms with E-state index < -0.39 is 0 Å². The van der Waals surface area contributed by atoms with Crippen molar-refractivity contribution < 1.29 is 9.53 Å². The highest BCUT2D eigenvalue weighted by Gasteiger charge is 2.43. The summed E-state index contributed by atoms with van der Waals surface area (Å²) in [4.78, 5) is 14.1. The normalized spacial score (nSPS) is 29.2. The van der Waals surface area contributed by atoms with Gasteiger partial charge in [0.1, 0.15) is 0 Å². The van der Waals surface area contributed by atoms with Crippen LogP contribution >= 0.6 is 0 Å². The maximum Gasteiger partial charge on any atom is 0.228 e. The van der Waals surface area contributed by atoms with Gasteiger partial charge >= 0.3 is 0 Å². The summed E-state index contributed by atoms with van der Waals surface area (Å²) < 4.78 is 5.24. The predicted molar refractivity (Wildman–Crippen MR) is 62.1 cm³/mol. The molecule has 0 radical (unpaired) electrons. The van der Waals surface area contributed by atoms with E-state index in [0.29, 0.717) is 11.8 Å². The fourth-order valence-corrected chi connectivity index (χ4v) is 2.57. The molecule has 0 aliphatic carbocycles. The zero-order valence-electron chi connectivity index (χ0n) is 10.5. The Bertz CT molecular complexity index is 274. The minimum Gasteiger partial charge on any atom is -0.384 e. The average molecular weight is 226 g/mol. The largest absolute Gasteiger partial charge is 0.384 e. The van der Waals surface area contributed by atoms with E-state index in [0.717, 1.165) is 32.8 Å². The summed E-state index contributed by atoms with van der Waals surface area (Å²) >= 11 is 0. The van der Waals surface area contributed by atoms with Crippen molar-refractivity contribution in [3.05, 3.63) is 0 Å². The Balaban J connectivity index is 1.96. The van der Waals surface area contributed by atoms with Crippen molar-refractivity contribution in [1.82, 2.24) is 10.2 Å². The summed E-state index contributed by atoms with van der Waals surface area (Å²) in [7, 11) is 1.73. The van der Waals surface area contributed by atoms with Crippen LogP contribution in [0.3, 0.4) is 0 Å². The molecule has 2 heterocycles. The number of nitrogens with zero attached hydrogens (tertiary/aromatic N) is 1. The number of hydrogen-bond donors (Lipinski definition) is 1. The highest BCUT2D eigenvalue weighted by Crippen LogP contribution is 2.36. The topological polar surface area (TPSA) is 41.6 Å². The molecule has 1 N–H and O–H groups in total. The van der Waals surface area contributed by atoms with Gasteiger partial charge in [-0.2, -0.15) is 0 Å². The summed E-state index contributed by atoms with van der Waals surface area (Å²) in [6, 6.07) is 0. The van der Waals surface area contributed by atoms with Crippen LogP contribution in [0.2, 0.25) is 0 Å². The van der Waals surface area contributed by atoms with Crippen molar-refractivity contribution in [3.8, 4) is 0 Å². The van der Waals surface area contributed by atoms with Gasteiger partial charge in [-0.1, -0.05) is 13.8 Å². The number of hydrogen-bond acceptors (Lipinski definition) is 3. The molecule has 0 aromatic heterocycles. The highest BCUT2D eigenvalue weighted by atomic mass is 16.5. The molecule has 4 heteroatoms. The lowest BCUT2D eigenvalue weighted by molar-refractivity contribution is -0.136. The third kappa shape index (κ3) is 2.09. The van der Waals surface area contributed by atoms with Crippen molar-refractivity contribution >= 4 is 5.91 Å². The van der Waals surface area contributed by atoms with Crippen molar-refractivity contribution in [2.24, 2.45) is 17.3 Å². The Morgan fingerprint density at radius 3 is 2.69 bits per heavy atom. The van der Waals surface area contributed by atoms with Crippen LogP contribution in [-0.4, -0.2) is 50.7 Å². The summed E-state index contributed by atoms with van der Waals surface area (Å²) in [5.74, 6) is 1.01. The van der Waals surface area contributed by atoms with Crippen LogP contribution < -0.4 is 5.32 Å². The zero-order valence-corrected chi connectivity index (χ0v) is 10.5. The van der Waals surface area contributed by atoms with Crippen LogP contribution in [0.25, 0.3) is 0 Å². The maximum absolute atomic E-state index is 12.1. The van der Waals surface area contributed by atoms with E-state index in [1.165, 1.54) is 0 Å². The molecule has 2 fully saturated rings. The number of carbonyl (C=O) groups is 1. The second-order valence-corrected chi connectivity index (χ2v) is 5.71. The van der Waals surface area contributed by atoms with Gasteiger partial charge in [-0.25, -0.2) is 0 Å². The fraction of sp³-hybridized carbons (Fsp3) is 0.917. The molecule has 0 bridgehead atoms. The van der Waals surface area contributed by atoms with Gasteiger partial charge < -0.3 is 15.0 Å². The molecule has 2 aliphatic heterocycles. The average Bonchev–Trinajstić information content (AvgIpc) is 2.40. The van der Waals surface area contributed by atoms with E-state index in [1.807, 2.05) is 4.90 Å². The number of methoxy groups -OCH3 is 1. The van der Waals surface area contributed by atoms with Crippen LogP contribution in [0.1, 0.15) is 13.8 Å². The number of carbonyl (C=O) groups excluding carboxylic acids is 1. The highest BCUT2D eigenvalue weighted by molar-refractivity contribution is 5.80. The van der Waals surface area contributed by atoms with E-state index in [-0.39, 0.29) is 11.3 Å². The Kier molecular flexibility index (Phi) is 3.22. The summed E-state index contributed by atoms with van der Waals surface area (Å²) in [6.45, 7) is 8.63. The molecule has 2 saturated heterocycles. The Morgan fingerprint density at radius 2 is 2.19 bits per heavy atom. The van der Waals surface area contributed by atoms with Crippen LogP contribution in [0.15, 0.2) is 0 Å². The van der Waals surface area contributed by atoms with Gasteiger partial charge in [-0.05, 0) is 5.41 Å². The molecule has 92 valence electrons. The van der Waals surface area contributed by atoms with Crippen molar-refractivity contribution in [3.63, 3.8) is 0 Å². The lowest BCUT2D eigenvalue weighted by Crippen LogP contribution is -2.51. The van der Waals surface area contributed by atoms with Gasteiger partial charge in [0.2, 0.25) is 5.91 Å². The fourth-order valence-electron chi connectivity index (χ4n) is 2.57. The molecule has 0 saturated carbocycles. The minimum atomic E-state index is 0.183. The molecule has 0 spiro atoms. The number of amides is 1. The van der Waals surface area contributed by atoms with E-state index >= 15 is 0 Å². The van der Waals surface area contributed by atoms with Crippen LogP contribution in [0.4, 0.5) is 0 Å². The van der Waals surface area contributed by atoms with Gasteiger partial charge in [0, 0.05) is 39.2 Å². The smallest absolute Gasteiger partial charge is 0.228 e. The molecule has 4 nitrogen and oxygen atoms in total. The molecule has 1 atom stereocenters. The summed E-state index contributed by atoms with van der Waals surface area (Å²) in [5.41, 5.74) is 0.183. The molecule has 0 aromatic carbocycles. The minimum absolute atomic E-state index is 0.183. The van der Waals surface area contributed by atoms with Crippen LogP contribution in [0, 0.1) is 17.3 Å². The van der Waals surface area contributed by atoms with Gasteiger partial charge in [-0.3, -0.25) is 4.79 Å². The van der Waals surface area contributed by atoms with Crippen LogP contribution in [0.5, 0.6) is 0 Å². The van der Waals surface area contributed by atoms with E-state index in [2.05, 4.69) is 19.2 Å². The Morgan fingerprint density at radius 1 is 1.50 bits per heavy atom. The second kappa shape index (κ2) is 4.34. The monoisotopic (exact) mass is 226 g/mol. The quantitative estimate of drug-likeness (QED) is 0.754. The van der Waals surface area contributed by atoms with Crippen molar-refractivity contribution in [2.45, 2.75) is 13.8 Å². The third-order valence-corrected chi connectivity index (χ3v) is 3.95. The first-order valence-electron chi connectivity index (χ1n) is 6.03. The number of ether oxygens (including phenoxy) is 1. The molecule has 0 aromatic rings. The zero-order chi connectivity index (χ0) is 11.8. The first-order valence-corrected chi connectivity index (χ1v) is 6.03. The van der Waals surface area contributed by atoms with Gasteiger partial charge in [0.15, 0.2) is 0 Å². The van der Waals surface area contributed by atoms with Gasteiger partial charge in [0.25, 0.3) is 0 Å². The Labute approximate surface area is 97.3 Å². The number of nitrogens with one attached hydrogen (secondary N) is 1. The maximum atomic E-state index is 12.1. The molecular formula is C12H22N2O2. The van der Waals surface area contributed by atoms with E-state index in [9.17, 15) is 4.79 Å². The molecule has 16 heavy (non-hydrogen) atoms. The summed E-state index contributed by atoms with van der Waals surface area (Å²) in [6.07, 6.45) is 0. The molecule has 2 aliphatic rings. The van der Waals surface area contributed by atoms with Crippen LogP contribution in [-0.2, 0) is 9.53 Å². The SMILES string of the molecule is COC[C@@H]1CN(C(=O)C2CNC2)CC1(C)C. The van der Waals surface area contributed by atoms with Gasteiger partial charge in [-0.15, -0.1) is 0 Å². The summed E-state index contributed by atoms with van der Waals surface area (Å²) in [5, 5.41) is 3.15. The number of rotatable bonds is 3. The molecular weight excluding hydrogens is 204 g/mol. The predicted octanol–water partition coefficient (Wildman–Crippen LogP) is 0.337. The Hall–Kier alpha value is -0.610. The molecule has 0 unspecified atom stereocenters. The first-order chi connectivity index (χ1) is 7.54. The second-order valence-electron chi connectivity index (χ2n) is 5.71. The first kappa shape index (κ1) is 11.9. The lowest BCUT2D eigenvalue weighted by Gasteiger charge is -2.30. The third-order valence-electron chi connectivity index (χ3n) is 3.95. The van der Waals surface area contributed by atoms with Crippen molar-refractivity contribution in [2.75, 3.05) is 39.9 Å². The molecule has 1 amide bonds. The van der Waals surface area contributed by atoms with Gasteiger partial charge in [0.05, 0.1) is 12.5 Å². The molecule has 2 rings (SSSR count).